The Bertz CT molecular complexity index is 386. The van der Waals surface area contributed by atoms with Gasteiger partial charge in [0, 0.05) is 18.3 Å². The van der Waals surface area contributed by atoms with Crippen LogP contribution in [0.1, 0.15) is 12.8 Å². The van der Waals surface area contributed by atoms with Gasteiger partial charge in [-0.3, -0.25) is 0 Å². The molecule has 2 amide bonds. The van der Waals surface area contributed by atoms with Crippen molar-refractivity contribution in [1.82, 2.24) is 10.6 Å². The summed E-state index contributed by atoms with van der Waals surface area (Å²) in [7, 11) is 1.62. The van der Waals surface area contributed by atoms with Crippen molar-refractivity contribution in [1.29, 1.82) is 0 Å². The van der Waals surface area contributed by atoms with Crippen LogP contribution in [0.25, 0.3) is 0 Å². The van der Waals surface area contributed by atoms with E-state index in [1.165, 1.54) is 0 Å². The van der Waals surface area contributed by atoms with Gasteiger partial charge in [-0.15, -0.1) is 0 Å². The zero-order valence-electron chi connectivity index (χ0n) is 10.5. The molecule has 0 aliphatic carbocycles. The molecule has 5 heteroatoms. The largest absolute Gasteiger partial charge is 0.497 e. The number of nitrogens with one attached hydrogen (secondary N) is 3. The summed E-state index contributed by atoms with van der Waals surface area (Å²) in [6.45, 7) is 1.88. The van der Waals surface area contributed by atoms with Crippen molar-refractivity contribution in [2.24, 2.45) is 0 Å². The van der Waals surface area contributed by atoms with Gasteiger partial charge in [-0.1, -0.05) is 0 Å². The molecular formula is C13H19N3O2. The van der Waals surface area contributed by atoms with Crippen molar-refractivity contribution < 1.29 is 9.53 Å². The lowest BCUT2D eigenvalue weighted by Gasteiger charge is -2.23. The van der Waals surface area contributed by atoms with Crippen LogP contribution in [0.4, 0.5) is 10.5 Å². The highest BCUT2D eigenvalue weighted by atomic mass is 16.5. The van der Waals surface area contributed by atoms with Gasteiger partial charge in [0.1, 0.15) is 5.75 Å². The molecule has 0 bridgehead atoms. The van der Waals surface area contributed by atoms with Crippen molar-refractivity contribution in [3.05, 3.63) is 24.3 Å². The number of carbonyl (C=O) groups is 1. The van der Waals surface area contributed by atoms with E-state index < -0.39 is 0 Å². The average molecular weight is 249 g/mol. The Labute approximate surface area is 107 Å². The predicted molar refractivity (Wildman–Crippen MR) is 71.0 cm³/mol. The van der Waals surface area contributed by atoms with E-state index in [0.717, 1.165) is 37.4 Å². The first-order chi connectivity index (χ1) is 8.78. The monoisotopic (exact) mass is 249 g/mol. The van der Waals surface area contributed by atoms with Gasteiger partial charge >= 0.3 is 6.03 Å². The van der Waals surface area contributed by atoms with Crippen LogP contribution in [0.3, 0.4) is 0 Å². The summed E-state index contributed by atoms with van der Waals surface area (Å²) in [5.41, 5.74) is 0.761. The van der Waals surface area contributed by atoms with Crippen LogP contribution >= 0.6 is 0 Å². The van der Waals surface area contributed by atoms with E-state index in [4.69, 9.17) is 4.74 Å². The lowest BCUT2D eigenvalue weighted by molar-refractivity contribution is 0.245. The van der Waals surface area contributed by atoms with E-state index in [9.17, 15) is 4.79 Å². The number of urea groups is 1. The van der Waals surface area contributed by atoms with Crippen LogP contribution in [0, 0.1) is 0 Å². The van der Waals surface area contributed by atoms with E-state index in [0.29, 0.717) is 0 Å². The number of amides is 2. The Morgan fingerprint density at radius 3 is 2.78 bits per heavy atom. The van der Waals surface area contributed by atoms with Crippen molar-refractivity contribution >= 4 is 11.7 Å². The molecule has 3 N–H and O–H groups in total. The van der Waals surface area contributed by atoms with Gasteiger partial charge in [0.05, 0.1) is 7.11 Å². The van der Waals surface area contributed by atoms with Crippen LogP contribution in [0.2, 0.25) is 0 Å². The van der Waals surface area contributed by atoms with Gasteiger partial charge in [0.2, 0.25) is 0 Å². The number of hydrogen-bond donors (Lipinski definition) is 3. The molecule has 0 radical (unpaired) electrons. The van der Waals surface area contributed by atoms with Gasteiger partial charge < -0.3 is 20.7 Å². The standard InChI is InChI=1S/C13H19N3O2/c1-18-12-6-4-10(5-7-12)15-13(17)16-11-3-2-8-14-9-11/h4-7,11,14H,2-3,8-9H2,1H3,(H2,15,16,17). The van der Waals surface area contributed by atoms with Crippen molar-refractivity contribution in [3.63, 3.8) is 0 Å². The maximum Gasteiger partial charge on any atom is 0.319 e. The average Bonchev–Trinajstić information content (AvgIpc) is 2.40. The molecule has 0 aromatic heterocycles. The summed E-state index contributed by atoms with van der Waals surface area (Å²) >= 11 is 0. The second-order valence-corrected chi connectivity index (χ2v) is 4.37. The van der Waals surface area contributed by atoms with Crippen LogP contribution in [0.5, 0.6) is 5.75 Å². The molecule has 1 atom stereocenters. The minimum atomic E-state index is -0.158. The lowest BCUT2D eigenvalue weighted by Crippen LogP contribution is -2.47. The highest BCUT2D eigenvalue weighted by molar-refractivity contribution is 5.89. The Kier molecular flexibility index (Phi) is 4.41. The molecule has 1 aromatic carbocycles. The molecule has 1 aliphatic rings. The van der Waals surface area contributed by atoms with Crippen molar-refractivity contribution in [2.75, 3.05) is 25.5 Å². The van der Waals surface area contributed by atoms with Gasteiger partial charge in [-0.2, -0.15) is 0 Å². The van der Waals surface area contributed by atoms with Crippen LogP contribution in [0.15, 0.2) is 24.3 Å². The number of benzene rings is 1. The van der Waals surface area contributed by atoms with E-state index in [-0.39, 0.29) is 12.1 Å². The smallest absolute Gasteiger partial charge is 0.319 e. The van der Waals surface area contributed by atoms with E-state index in [1.807, 2.05) is 24.3 Å². The molecule has 0 saturated carbocycles. The molecule has 98 valence electrons. The zero-order valence-corrected chi connectivity index (χ0v) is 10.5. The van der Waals surface area contributed by atoms with Crippen molar-refractivity contribution in [3.8, 4) is 5.75 Å². The molecular weight excluding hydrogens is 230 g/mol. The summed E-state index contributed by atoms with van der Waals surface area (Å²) in [6, 6.07) is 7.33. The number of hydrogen-bond acceptors (Lipinski definition) is 3. The maximum absolute atomic E-state index is 11.8. The van der Waals surface area contributed by atoms with E-state index in [1.54, 1.807) is 7.11 Å². The molecule has 1 unspecified atom stereocenters. The second-order valence-electron chi connectivity index (χ2n) is 4.37. The first-order valence-electron chi connectivity index (χ1n) is 6.20. The third-order valence-corrected chi connectivity index (χ3v) is 2.98. The highest BCUT2D eigenvalue weighted by Gasteiger charge is 2.14. The SMILES string of the molecule is COc1ccc(NC(=O)NC2CCCNC2)cc1. The van der Waals surface area contributed by atoms with Crippen LogP contribution in [-0.4, -0.2) is 32.3 Å². The lowest BCUT2D eigenvalue weighted by atomic mass is 10.1. The van der Waals surface area contributed by atoms with E-state index in [2.05, 4.69) is 16.0 Å². The molecule has 1 heterocycles. The fraction of sp³-hybridized carbons (Fsp3) is 0.462. The topological polar surface area (TPSA) is 62.4 Å². The molecule has 1 fully saturated rings. The van der Waals surface area contributed by atoms with Crippen LogP contribution < -0.4 is 20.7 Å². The first kappa shape index (κ1) is 12.7. The zero-order chi connectivity index (χ0) is 12.8. The molecule has 5 nitrogen and oxygen atoms in total. The number of piperidine rings is 1. The maximum atomic E-state index is 11.8. The summed E-state index contributed by atoms with van der Waals surface area (Å²) < 4.78 is 5.06. The van der Waals surface area contributed by atoms with Gasteiger partial charge in [0.25, 0.3) is 0 Å². The molecule has 1 aliphatic heterocycles. The highest BCUT2D eigenvalue weighted by Crippen LogP contribution is 2.14. The molecule has 1 saturated heterocycles. The van der Waals surface area contributed by atoms with Gasteiger partial charge in [-0.05, 0) is 43.7 Å². The Morgan fingerprint density at radius 1 is 1.39 bits per heavy atom. The summed E-state index contributed by atoms with van der Waals surface area (Å²) in [6.07, 6.45) is 2.14. The predicted octanol–water partition coefficient (Wildman–Crippen LogP) is 1.57. The third kappa shape index (κ3) is 3.63. The summed E-state index contributed by atoms with van der Waals surface area (Å²) in [5.74, 6) is 0.775. The van der Waals surface area contributed by atoms with Gasteiger partial charge in [0.15, 0.2) is 0 Å². The minimum absolute atomic E-state index is 0.158. The van der Waals surface area contributed by atoms with Crippen molar-refractivity contribution in [2.45, 2.75) is 18.9 Å². The molecule has 0 spiro atoms. The normalized spacial score (nSPS) is 19.1. The summed E-state index contributed by atoms with van der Waals surface area (Å²) in [5, 5.41) is 9.02. The van der Waals surface area contributed by atoms with Gasteiger partial charge in [-0.25, -0.2) is 4.79 Å². The second kappa shape index (κ2) is 6.26. The molecule has 1 aromatic rings. The Balaban J connectivity index is 1.82. The number of ether oxygens (including phenoxy) is 1. The minimum Gasteiger partial charge on any atom is -0.497 e. The Hall–Kier alpha value is -1.75. The number of rotatable bonds is 3. The quantitative estimate of drug-likeness (QED) is 0.762. The molecule has 2 rings (SSSR count). The van der Waals surface area contributed by atoms with Crippen LogP contribution in [-0.2, 0) is 0 Å². The number of carbonyl (C=O) groups excluding carboxylic acids is 1. The fourth-order valence-electron chi connectivity index (χ4n) is 2.00. The first-order valence-corrected chi connectivity index (χ1v) is 6.20. The Morgan fingerprint density at radius 2 is 2.17 bits per heavy atom. The third-order valence-electron chi connectivity index (χ3n) is 2.98. The van der Waals surface area contributed by atoms with E-state index >= 15 is 0 Å². The number of anilines is 1. The fourth-order valence-corrected chi connectivity index (χ4v) is 2.00. The number of methoxy groups -OCH3 is 1. The molecule has 18 heavy (non-hydrogen) atoms. The summed E-state index contributed by atoms with van der Waals surface area (Å²) in [4.78, 5) is 11.8.